The van der Waals surface area contributed by atoms with E-state index >= 15 is 0 Å². The van der Waals surface area contributed by atoms with Crippen LogP contribution in [0.2, 0.25) is 0 Å². The Labute approximate surface area is 175 Å². The zero-order chi connectivity index (χ0) is 20.8. The van der Waals surface area contributed by atoms with Gasteiger partial charge in [-0.3, -0.25) is 4.79 Å². The third-order valence-electron chi connectivity index (χ3n) is 4.74. The molecular formula is C23H26N2O3S. The third kappa shape index (κ3) is 5.15. The fourth-order valence-electron chi connectivity index (χ4n) is 3.06. The fraction of sp³-hybridized carbons (Fsp3) is 0.304. The topological polar surface area (TPSA) is 51.7 Å². The highest BCUT2D eigenvalue weighted by molar-refractivity contribution is 7.13. The van der Waals surface area contributed by atoms with Gasteiger partial charge in [0.1, 0.15) is 5.01 Å². The molecule has 6 heteroatoms. The molecule has 1 amide bonds. The summed E-state index contributed by atoms with van der Waals surface area (Å²) in [7, 11) is 3.22. The van der Waals surface area contributed by atoms with Crippen LogP contribution in [0.4, 0.5) is 0 Å². The average Bonchev–Trinajstić information content (AvgIpc) is 3.20. The zero-order valence-corrected chi connectivity index (χ0v) is 18.1. The number of hydrogen-bond donors (Lipinski definition) is 0. The van der Waals surface area contributed by atoms with E-state index in [1.807, 2.05) is 35.4 Å². The van der Waals surface area contributed by atoms with Crippen LogP contribution >= 0.6 is 11.3 Å². The van der Waals surface area contributed by atoms with Gasteiger partial charge in [0.15, 0.2) is 11.5 Å². The van der Waals surface area contributed by atoms with Gasteiger partial charge < -0.3 is 14.4 Å². The van der Waals surface area contributed by atoms with Crippen LogP contribution < -0.4 is 9.47 Å². The molecule has 1 aromatic heterocycles. The van der Waals surface area contributed by atoms with E-state index in [0.717, 1.165) is 21.8 Å². The smallest absolute Gasteiger partial charge is 0.228 e. The molecular weight excluding hydrogens is 384 g/mol. The molecule has 0 spiro atoms. The Balaban J connectivity index is 1.68. The predicted octanol–water partition coefficient (Wildman–Crippen LogP) is 4.73. The van der Waals surface area contributed by atoms with Crippen molar-refractivity contribution in [1.29, 1.82) is 0 Å². The summed E-state index contributed by atoms with van der Waals surface area (Å²) in [5.41, 5.74) is 4.10. The molecule has 0 atom stereocenters. The lowest BCUT2D eigenvalue weighted by atomic mass is 10.1. The number of methoxy groups -OCH3 is 2. The summed E-state index contributed by atoms with van der Waals surface area (Å²) in [4.78, 5) is 19.3. The minimum atomic E-state index is 0.0584. The van der Waals surface area contributed by atoms with E-state index in [1.165, 1.54) is 5.56 Å². The first kappa shape index (κ1) is 20.9. The second-order valence-electron chi connectivity index (χ2n) is 6.78. The molecule has 0 aliphatic carbocycles. The van der Waals surface area contributed by atoms with Gasteiger partial charge in [-0.05, 0) is 31.5 Å². The number of rotatable bonds is 8. The number of carbonyl (C=O) groups excluding carboxylic acids is 1. The van der Waals surface area contributed by atoms with Gasteiger partial charge in [-0.25, -0.2) is 4.98 Å². The highest BCUT2D eigenvalue weighted by Gasteiger charge is 2.16. The first-order chi connectivity index (χ1) is 14.0. The fourth-order valence-corrected chi connectivity index (χ4v) is 3.89. The number of carbonyl (C=O) groups is 1. The van der Waals surface area contributed by atoms with E-state index in [9.17, 15) is 4.79 Å². The lowest BCUT2D eigenvalue weighted by Crippen LogP contribution is -2.31. The van der Waals surface area contributed by atoms with Gasteiger partial charge in [-0.2, -0.15) is 0 Å². The summed E-state index contributed by atoms with van der Waals surface area (Å²) in [6.45, 7) is 5.19. The van der Waals surface area contributed by atoms with Gasteiger partial charge in [0, 0.05) is 24.0 Å². The average molecular weight is 411 g/mol. The molecule has 0 saturated carbocycles. The summed E-state index contributed by atoms with van der Waals surface area (Å²) in [6.07, 6.45) is 0.295. The van der Waals surface area contributed by atoms with Crippen molar-refractivity contribution in [2.24, 2.45) is 0 Å². The van der Waals surface area contributed by atoms with E-state index in [2.05, 4.69) is 36.2 Å². The van der Waals surface area contributed by atoms with Crippen molar-refractivity contribution in [1.82, 2.24) is 9.88 Å². The number of hydrogen-bond acceptors (Lipinski definition) is 5. The van der Waals surface area contributed by atoms with Crippen LogP contribution in [0.5, 0.6) is 11.5 Å². The van der Waals surface area contributed by atoms with Gasteiger partial charge >= 0.3 is 0 Å². The summed E-state index contributed by atoms with van der Waals surface area (Å²) in [5.74, 6) is 1.40. The number of ether oxygens (including phenoxy) is 2. The van der Waals surface area contributed by atoms with Crippen LogP contribution in [0.15, 0.2) is 47.8 Å². The maximum Gasteiger partial charge on any atom is 0.228 e. The van der Waals surface area contributed by atoms with Gasteiger partial charge in [-0.1, -0.05) is 35.9 Å². The van der Waals surface area contributed by atoms with Crippen LogP contribution in [0, 0.1) is 6.92 Å². The molecule has 0 aliphatic heterocycles. The molecule has 3 rings (SSSR count). The van der Waals surface area contributed by atoms with E-state index in [4.69, 9.17) is 9.47 Å². The maximum absolute atomic E-state index is 12.9. The Morgan fingerprint density at radius 2 is 1.79 bits per heavy atom. The highest BCUT2D eigenvalue weighted by atomic mass is 32.1. The van der Waals surface area contributed by atoms with Crippen LogP contribution in [0.25, 0.3) is 10.6 Å². The van der Waals surface area contributed by atoms with Crippen molar-refractivity contribution in [2.45, 2.75) is 26.8 Å². The number of amides is 1. The lowest BCUT2D eigenvalue weighted by molar-refractivity contribution is -0.130. The van der Waals surface area contributed by atoms with Crippen LogP contribution in [-0.2, 0) is 17.8 Å². The minimum Gasteiger partial charge on any atom is -0.493 e. The van der Waals surface area contributed by atoms with Crippen molar-refractivity contribution >= 4 is 17.2 Å². The van der Waals surface area contributed by atoms with E-state index in [-0.39, 0.29) is 5.91 Å². The highest BCUT2D eigenvalue weighted by Crippen LogP contribution is 2.28. The van der Waals surface area contributed by atoms with Crippen molar-refractivity contribution in [3.63, 3.8) is 0 Å². The molecule has 29 heavy (non-hydrogen) atoms. The van der Waals surface area contributed by atoms with Crippen molar-refractivity contribution in [2.75, 3.05) is 20.8 Å². The first-order valence-electron chi connectivity index (χ1n) is 9.54. The molecule has 0 unspecified atom stereocenters. The summed E-state index contributed by atoms with van der Waals surface area (Å²) < 4.78 is 10.6. The SMILES string of the molecule is CCN(Cc1ccc(OC)c(OC)c1)C(=O)Cc1csc(-c2ccc(C)cc2)n1. The standard InChI is InChI=1S/C23H26N2O3S/c1-5-25(14-17-8-11-20(27-3)21(12-17)28-4)22(26)13-19-15-29-23(24-19)18-9-6-16(2)7-10-18/h6-12,15H,5,13-14H2,1-4H3. The second-order valence-corrected chi connectivity index (χ2v) is 7.64. The molecule has 0 saturated heterocycles. The molecule has 0 radical (unpaired) electrons. The molecule has 1 heterocycles. The lowest BCUT2D eigenvalue weighted by Gasteiger charge is -2.21. The third-order valence-corrected chi connectivity index (χ3v) is 5.68. The Morgan fingerprint density at radius 3 is 2.45 bits per heavy atom. The quantitative estimate of drug-likeness (QED) is 0.539. The van der Waals surface area contributed by atoms with E-state index in [0.29, 0.717) is 31.0 Å². The van der Waals surface area contributed by atoms with Gasteiger partial charge in [0.25, 0.3) is 0 Å². The molecule has 2 aromatic carbocycles. The Morgan fingerprint density at radius 1 is 1.07 bits per heavy atom. The van der Waals surface area contributed by atoms with Crippen molar-refractivity contribution < 1.29 is 14.3 Å². The first-order valence-corrected chi connectivity index (χ1v) is 10.4. The maximum atomic E-state index is 12.9. The van der Waals surface area contributed by atoms with Crippen LogP contribution in [0.1, 0.15) is 23.7 Å². The number of aryl methyl sites for hydroxylation is 1. The van der Waals surface area contributed by atoms with E-state index < -0.39 is 0 Å². The van der Waals surface area contributed by atoms with Crippen molar-refractivity contribution in [3.8, 4) is 22.1 Å². The largest absolute Gasteiger partial charge is 0.493 e. The van der Waals surface area contributed by atoms with E-state index in [1.54, 1.807) is 25.6 Å². The Kier molecular flexibility index (Phi) is 6.88. The number of benzene rings is 2. The molecule has 0 bridgehead atoms. The molecule has 0 aliphatic rings. The summed E-state index contributed by atoms with van der Waals surface area (Å²) >= 11 is 1.57. The number of aromatic nitrogens is 1. The van der Waals surface area contributed by atoms with Gasteiger partial charge in [0.2, 0.25) is 5.91 Å². The molecule has 0 N–H and O–H groups in total. The number of thiazole rings is 1. The van der Waals surface area contributed by atoms with Gasteiger partial charge in [-0.15, -0.1) is 11.3 Å². The monoisotopic (exact) mass is 410 g/mol. The molecule has 3 aromatic rings. The molecule has 0 fully saturated rings. The van der Waals surface area contributed by atoms with Crippen LogP contribution in [0.3, 0.4) is 0 Å². The second kappa shape index (κ2) is 9.56. The summed E-state index contributed by atoms with van der Waals surface area (Å²) in [6, 6.07) is 14.0. The Bertz CT molecular complexity index is 967. The number of likely N-dealkylation sites (N-methyl/N-ethyl adjacent to an activating group) is 1. The summed E-state index contributed by atoms with van der Waals surface area (Å²) in [5, 5.41) is 2.91. The van der Waals surface area contributed by atoms with Crippen LogP contribution in [-0.4, -0.2) is 36.6 Å². The normalized spacial score (nSPS) is 10.6. The minimum absolute atomic E-state index is 0.0584. The van der Waals surface area contributed by atoms with Crippen molar-refractivity contribution in [3.05, 3.63) is 64.7 Å². The number of nitrogens with zero attached hydrogens (tertiary/aromatic N) is 2. The zero-order valence-electron chi connectivity index (χ0n) is 17.3. The molecule has 152 valence electrons. The predicted molar refractivity (Wildman–Crippen MR) is 117 cm³/mol. The Hall–Kier alpha value is -2.86. The van der Waals surface area contributed by atoms with Gasteiger partial charge in [0.05, 0.1) is 26.3 Å². The molecule has 5 nitrogen and oxygen atoms in total.